The number of hydrogen-bond acceptors (Lipinski definition) is 5. The SMILES string of the molecule is Cc1cc(NC(=O)C(C)SCC(=O)NC(C)C(C)C)no1. The highest BCUT2D eigenvalue weighted by Gasteiger charge is 2.18. The molecule has 21 heavy (non-hydrogen) atoms. The van der Waals surface area contributed by atoms with Gasteiger partial charge in [0.25, 0.3) is 0 Å². The van der Waals surface area contributed by atoms with Crippen molar-refractivity contribution in [3.8, 4) is 0 Å². The molecule has 2 atom stereocenters. The van der Waals surface area contributed by atoms with Crippen molar-refractivity contribution in [2.24, 2.45) is 5.92 Å². The molecule has 0 spiro atoms. The van der Waals surface area contributed by atoms with E-state index in [0.717, 1.165) is 0 Å². The molecule has 2 amide bonds. The third-order valence-corrected chi connectivity index (χ3v) is 4.24. The predicted octanol–water partition coefficient (Wildman–Crippen LogP) is 2.20. The van der Waals surface area contributed by atoms with Crippen LogP contribution in [0.4, 0.5) is 5.82 Å². The van der Waals surface area contributed by atoms with Crippen LogP contribution in [0.25, 0.3) is 0 Å². The first-order valence-corrected chi connectivity index (χ1v) is 7.99. The molecule has 1 aromatic heterocycles. The zero-order valence-corrected chi connectivity index (χ0v) is 13.9. The van der Waals surface area contributed by atoms with E-state index in [2.05, 4.69) is 15.8 Å². The maximum atomic E-state index is 11.9. The summed E-state index contributed by atoms with van der Waals surface area (Å²) in [7, 11) is 0. The van der Waals surface area contributed by atoms with Crippen molar-refractivity contribution in [2.75, 3.05) is 11.1 Å². The van der Waals surface area contributed by atoms with Crippen molar-refractivity contribution in [2.45, 2.75) is 45.9 Å². The fourth-order valence-electron chi connectivity index (χ4n) is 1.39. The van der Waals surface area contributed by atoms with Crippen LogP contribution in [0.1, 0.15) is 33.5 Å². The van der Waals surface area contributed by atoms with Gasteiger partial charge in [-0.2, -0.15) is 0 Å². The molecule has 2 unspecified atom stereocenters. The summed E-state index contributed by atoms with van der Waals surface area (Å²) in [5.41, 5.74) is 0. The lowest BCUT2D eigenvalue weighted by Gasteiger charge is -2.18. The van der Waals surface area contributed by atoms with Gasteiger partial charge in [-0.05, 0) is 26.7 Å². The van der Waals surface area contributed by atoms with Crippen molar-refractivity contribution < 1.29 is 14.1 Å². The van der Waals surface area contributed by atoms with Crippen LogP contribution >= 0.6 is 11.8 Å². The van der Waals surface area contributed by atoms with E-state index in [9.17, 15) is 9.59 Å². The second kappa shape index (κ2) is 8.07. The van der Waals surface area contributed by atoms with Crippen LogP contribution in [0.3, 0.4) is 0 Å². The molecule has 6 nitrogen and oxygen atoms in total. The van der Waals surface area contributed by atoms with E-state index in [1.54, 1.807) is 19.9 Å². The van der Waals surface area contributed by atoms with Crippen LogP contribution in [0.15, 0.2) is 10.6 Å². The smallest absolute Gasteiger partial charge is 0.238 e. The van der Waals surface area contributed by atoms with Crippen molar-refractivity contribution >= 4 is 29.4 Å². The standard InChI is InChI=1S/C14H23N3O3S/c1-8(2)10(4)15-13(18)7-21-11(5)14(19)16-12-6-9(3)20-17-12/h6,8,10-11H,7H2,1-5H3,(H,15,18)(H,16,17,19). The third kappa shape index (κ3) is 6.20. The van der Waals surface area contributed by atoms with Gasteiger partial charge in [-0.1, -0.05) is 19.0 Å². The maximum absolute atomic E-state index is 11.9. The highest BCUT2D eigenvalue weighted by molar-refractivity contribution is 8.01. The summed E-state index contributed by atoms with van der Waals surface area (Å²) in [5, 5.41) is 8.91. The molecule has 0 bridgehead atoms. The normalized spacial score (nSPS) is 13.8. The van der Waals surface area contributed by atoms with Crippen molar-refractivity contribution in [1.82, 2.24) is 10.5 Å². The molecular weight excluding hydrogens is 290 g/mol. The van der Waals surface area contributed by atoms with Crippen molar-refractivity contribution in [3.63, 3.8) is 0 Å². The summed E-state index contributed by atoms with van der Waals surface area (Å²) in [6.45, 7) is 9.57. The molecule has 0 saturated heterocycles. The molecule has 1 heterocycles. The molecule has 7 heteroatoms. The van der Waals surface area contributed by atoms with Gasteiger partial charge in [0.2, 0.25) is 11.8 Å². The predicted molar refractivity (Wildman–Crippen MR) is 84.2 cm³/mol. The van der Waals surface area contributed by atoms with Crippen molar-refractivity contribution in [3.05, 3.63) is 11.8 Å². The maximum Gasteiger partial charge on any atom is 0.238 e. The van der Waals surface area contributed by atoms with Crippen LogP contribution in [-0.2, 0) is 9.59 Å². The molecule has 0 saturated carbocycles. The number of amides is 2. The van der Waals surface area contributed by atoms with Gasteiger partial charge >= 0.3 is 0 Å². The molecule has 1 aromatic rings. The number of aromatic nitrogens is 1. The van der Waals surface area contributed by atoms with E-state index in [-0.39, 0.29) is 28.9 Å². The summed E-state index contributed by atoms with van der Waals surface area (Å²) < 4.78 is 4.87. The monoisotopic (exact) mass is 313 g/mol. The lowest BCUT2D eigenvalue weighted by Crippen LogP contribution is -2.37. The molecule has 0 fully saturated rings. The van der Waals surface area contributed by atoms with Crippen LogP contribution < -0.4 is 10.6 Å². The number of hydrogen-bond donors (Lipinski definition) is 2. The fourth-order valence-corrected chi connectivity index (χ4v) is 2.09. The Kier molecular flexibility index (Phi) is 6.74. The number of carbonyl (C=O) groups excluding carboxylic acids is 2. The number of rotatable bonds is 7. The minimum atomic E-state index is -0.345. The first-order valence-electron chi connectivity index (χ1n) is 6.94. The zero-order valence-electron chi connectivity index (χ0n) is 13.1. The summed E-state index contributed by atoms with van der Waals surface area (Å²) in [4.78, 5) is 23.7. The quantitative estimate of drug-likeness (QED) is 0.806. The van der Waals surface area contributed by atoms with E-state index >= 15 is 0 Å². The molecule has 0 aliphatic rings. The molecule has 2 N–H and O–H groups in total. The minimum absolute atomic E-state index is 0.0573. The number of aryl methyl sites for hydroxylation is 1. The minimum Gasteiger partial charge on any atom is -0.360 e. The number of nitrogens with zero attached hydrogens (tertiary/aromatic N) is 1. The second-order valence-electron chi connectivity index (χ2n) is 5.37. The van der Waals surface area contributed by atoms with E-state index in [1.165, 1.54) is 11.8 Å². The topological polar surface area (TPSA) is 84.2 Å². The first kappa shape index (κ1) is 17.6. The Bertz CT molecular complexity index is 488. The Morgan fingerprint density at radius 1 is 1.33 bits per heavy atom. The summed E-state index contributed by atoms with van der Waals surface area (Å²) in [6.07, 6.45) is 0. The number of anilines is 1. The van der Waals surface area contributed by atoms with Gasteiger partial charge in [-0.25, -0.2) is 0 Å². The van der Waals surface area contributed by atoms with Gasteiger partial charge in [-0.15, -0.1) is 11.8 Å². The average molecular weight is 313 g/mol. The number of carbonyl (C=O) groups is 2. The van der Waals surface area contributed by atoms with Gasteiger partial charge in [0.15, 0.2) is 5.82 Å². The molecule has 0 radical (unpaired) electrons. The van der Waals surface area contributed by atoms with Gasteiger partial charge in [0, 0.05) is 12.1 Å². The van der Waals surface area contributed by atoms with E-state index in [1.807, 2.05) is 20.8 Å². The Hall–Kier alpha value is -1.50. The molecule has 0 aliphatic heterocycles. The first-order chi connectivity index (χ1) is 9.79. The van der Waals surface area contributed by atoms with Crippen molar-refractivity contribution in [1.29, 1.82) is 0 Å². The van der Waals surface area contributed by atoms with Gasteiger partial charge < -0.3 is 15.2 Å². The van der Waals surface area contributed by atoms with Gasteiger partial charge in [0.05, 0.1) is 11.0 Å². The molecule has 1 rings (SSSR count). The third-order valence-electron chi connectivity index (χ3n) is 3.10. The van der Waals surface area contributed by atoms with Gasteiger partial charge in [-0.3, -0.25) is 9.59 Å². The van der Waals surface area contributed by atoms with E-state index in [0.29, 0.717) is 17.5 Å². The summed E-state index contributed by atoms with van der Waals surface area (Å²) >= 11 is 1.29. The summed E-state index contributed by atoms with van der Waals surface area (Å²) in [5.74, 6) is 1.41. The molecule has 0 aromatic carbocycles. The Labute approximate surface area is 129 Å². The highest BCUT2D eigenvalue weighted by Crippen LogP contribution is 2.14. The van der Waals surface area contributed by atoms with Crippen LogP contribution in [0.2, 0.25) is 0 Å². The Morgan fingerprint density at radius 2 is 2.00 bits per heavy atom. The number of nitrogens with one attached hydrogen (secondary N) is 2. The molecule has 118 valence electrons. The Balaban J connectivity index is 2.34. The average Bonchev–Trinajstić information content (AvgIpc) is 2.81. The van der Waals surface area contributed by atoms with Gasteiger partial charge in [0.1, 0.15) is 5.76 Å². The number of thioether (sulfide) groups is 1. The van der Waals surface area contributed by atoms with E-state index in [4.69, 9.17) is 4.52 Å². The van der Waals surface area contributed by atoms with Crippen LogP contribution in [0, 0.1) is 12.8 Å². The summed E-state index contributed by atoms with van der Waals surface area (Å²) in [6, 6.07) is 1.77. The van der Waals surface area contributed by atoms with Crippen LogP contribution in [0.5, 0.6) is 0 Å². The van der Waals surface area contributed by atoms with E-state index < -0.39 is 0 Å². The Morgan fingerprint density at radius 3 is 2.52 bits per heavy atom. The molecule has 0 aliphatic carbocycles. The highest BCUT2D eigenvalue weighted by atomic mass is 32.2. The fraction of sp³-hybridized carbons (Fsp3) is 0.643. The largest absolute Gasteiger partial charge is 0.360 e. The lowest BCUT2D eigenvalue weighted by atomic mass is 10.1. The lowest BCUT2D eigenvalue weighted by molar-refractivity contribution is -0.119. The zero-order chi connectivity index (χ0) is 16.0. The second-order valence-corrected chi connectivity index (χ2v) is 6.69. The van der Waals surface area contributed by atoms with Crippen LogP contribution in [-0.4, -0.2) is 34.0 Å². The molecular formula is C14H23N3O3S.